The molecule has 2 aliphatic rings. The summed E-state index contributed by atoms with van der Waals surface area (Å²) < 4.78 is 9.33. The van der Waals surface area contributed by atoms with Crippen molar-refractivity contribution in [3.63, 3.8) is 0 Å². The third-order valence-electron chi connectivity index (χ3n) is 10.9. The highest BCUT2D eigenvalue weighted by Crippen LogP contribution is 2.49. The Balaban J connectivity index is 1.06. The predicted octanol–water partition coefficient (Wildman–Crippen LogP) is 12.7. The minimum Gasteiger partial charge on any atom is -0.455 e. The molecule has 240 valence electrons. The number of rotatable bonds is 4. The van der Waals surface area contributed by atoms with Crippen molar-refractivity contribution in [1.29, 1.82) is 0 Å². The van der Waals surface area contributed by atoms with Crippen molar-refractivity contribution in [3.05, 3.63) is 188 Å². The third-order valence-corrected chi connectivity index (χ3v) is 10.9. The molecule has 0 N–H and O–H groups in total. The molecule has 0 radical (unpaired) electrons. The van der Waals surface area contributed by atoms with Gasteiger partial charge in [0.1, 0.15) is 11.2 Å². The predicted molar refractivity (Wildman–Crippen MR) is 212 cm³/mol. The number of nitrogens with zero attached hydrogens (tertiary/aromatic N) is 2. The molecule has 2 aromatic heterocycles. The fourth-order valence-corrected chi connectivity index (χ4v) is 8.67. The van der Waals surface area contributed by atoms with E-state index in [0.717, 1.165) is 44.3 Å². The summed E-state index contributed by atoms with van der Waals surface area (Å²) in [5, 5.41) is 4.74. The maximum atomic E-state index is 6.97. The van der Waals surface area contributed by atoms with E-state index in [9.17, 15) is 0 Å². The van der Waals surface area contributed by atoms with Crippen LogP contribution < -0.4 is 4.90 Å². The lowest BCUT2D eigenvalue weighted by Gasteiger charge is -2.28. The highest BCUT2D eigenvalue weighted by molar-refractivity contribution is 6.15. The van der Waals surface area contributed by atoms with Crippen molar-refractivity contribution in [3.8, 4) is 27.9 Å². The molecule has 3 heteroatoms. The zero-order valence-corrected chi connectivity index (χ0v) is 27.8. The van der Waals surface area contributed by atoms with Crippen LogP contribution in [0.15, 0.2) is 186 Å². The summed E-state index contributed by atoms with van der Waals surface area (Å²) in [6.07, 6.45) is 9.04. The largest absolute Gasteiger partial charge is 0.455 e. The molecule has 3 nitrogen and oxygen atoms in total. The van der Waals surface area contributed by atoms with Crippen LogP contribution in [0.25, 0.3) is 71.7 Å². The number of fused-ring (bicyclic) bond motifs is 9. The van der Waals surface area contributed by atoms with E-state index in [0.29, 0.717) is 0 Å². The maximum Gasteiger partial charge on any atom is 0.143 e. The second kappa shape index (κ2) is 11.0. The van der Waals surface area contributed by atoms with Crippen LogP contribution in [0, 0.1) is 0 Å². The van der Waals surface area contributed by atoms with E-state index in [1.807, 2.05) is 0 Å². The van der Waals surface area contributed by atoms with Crippen LogP contribution in [0.5, 0.6) is 0 Å². The van der Waals surface area contributed by atoms with Crippen molar-refractivity contribution < 1.29 is 4.42 Å². The smallest absolute Gasteiger partial charge is 0.143 e. The summed E-state index contributed by atoms with van der Waals surface area (Å²) in [6, 6.07) is 57.2. The van der Waals surface area contributed by atoms with E-state index in [1.165, 1.54) is 44.3 Å². The number of allylic oxidation sites excluding steroid dienone is 2. The lowest BCUT2D eigenvalue weighted by molar-refractivity contribution is 0.671. The number of aromatic nitrogens is 1. The van der Waals surface area contributed by atoms with Gasteiger partial charge in [-0.3, -0.25) is 0 Å². The molecule has 2 atom stereocenters. The van der Waals surface area contributed by atoms with Gasteiger partial charge in [0.05, 0.1) is 17.1 Å². The van der Waals surface area contributed by atoms with Gasteiger partial charge in [-0.05, 0) is 71.3 Å². The fraction of sp³-hybridized carbons (Fsp3) is 0.0417. The second-order valence-corrected chi connectivity index (χ2v) is 13.7. The van der Waals surface area contributed by atoms with Crippen LogP contribution in [0.3, 0.4) is 0 Å². The van der Waals surface area contributed by atoms with Gasteiger partial charge in [-0.1, -0.05) is 127 Å². The molecule has 1 aliphatic heterocycles. The number of furan rings is 1. The molecule has 0 saturated carbocycles. The molecule has 3 heterocycles. The van der Waals surface area contributed by atoms with Crippen molar-refractivity contribution >= 4 is 55.1 Å². The Kier molecular flexibility index (Phi) is 6.08. The van der Waals surface area contributed by atoms with Crippen LogP contribution >= 0.6 is 0 Å². The second-order valence-electron chi connectivity index (χ2n) is 13.7. The topological polar surface area (TPSA) is 21.3 Å². The summed E-state index contributed by atoms with van der Waals surface area (Å²) >= 11 is 0. The summed E-state index contributed by atoms with van der Waals surface area (Å²) in [7, 11) is 0. The standard InChI is InChI=1S/C48H32N2O/c1-3-13-33(14-4-1)49-43-23-9-7-17-37(43)41-29-31(25-27-45(41)49)35-19-11-21-39-40-22-12-20-36(48(40)51-47(35)39)32-26-28-46-42(30-32)38-18-8-10-24-44(38)50(46)34-15-5-2-6-16-34/h1-30,37,43H. The van der Waals surface area contributed by atoms with Crippen LogP contribution in [0.1, 0.15) is 11.5 Å². The number of para-hydroxylation sites is 5. The molecule has 0 amide bonds. The number of anilines is 2. The van der Waals surface area contributed by atoms with Crippen molar-refractivity contribution in [1.82, 2.24) is 4.57 Å². The molecule has 0 fully saturated rings. The van der Waals surface area contributed by atoms with Gasteiger partial charge >= 0.3 is 0 Å². The van der Waals surface area contributed by atoms with Crippen molar-refractivity contribution in [2.75, 3.05) is 4.90 Å². The quantitative estimate of drug-likeness (QED) is 0.189. The Morgan fingerprint density at radius 1 is 0.451 bits per heavy atom. The Morgan fingerprint density at radius 2 is 1.06 bits per heavy atom. The molecular formula is C48H32N2O. The first-order valence-electron chi connectivity index (χ1n) is 17.7. The number of hydrogen-bond donors (Lipinski definition) is 0. The zero-order valence-electron chi connectivity index (χ0n) is 27.8. The highest BCUT2D eigenvalue weighted by atomic mass is 16.3. The molecular weight excluding hydrogens is 621 g/mol. The molecule has 0 bridgehead atoms. The van der Waals surface area contributed by atoms with E-state index < -0.39 is 0 Å². The molecule has 1 aliphatic carbocycles. The first-order chi connectivity index (χ1) is 25.3. The Hall–Kier alpha value is -6.58. The molecule has 51 heavy (non-hydrogen) atoms. The zero-order chi connectivity index (χ0) is 33.5. The normalized spacial score (nSPS) is 16.4. The van der Waals surface area contributed by atoms with Gasteiger partial charge in [0.2, 0.25) is 0 Å². The van der Waals surface area contributed by atoms with Crippen LogP contribution in [0.2, 0.25) is 0 Å². The van der Waals surface area contributed by atoms with E-state index >= 15 is 0 Å². The summed E-state index contributed by atoms with van der Waals surface area (Å²) in [5.41, 5.74) is 13.8. The minimum atomic E-state index is 0.256. The first kappa shape index (κ1) is 28.3. The van der Waals surface area contributed by atoms with Gasteiger partial charge in [-0.25, -0.2) is 0 Å². The molecule has 9 aromatic rings. The first-order valence-corrected chi connectivity index (χ1v) is 17.7. The average molecular weight is 653 g/mol. The van der Waals surface area contributed by atoms with Crippen molar-refractivity contribution in [2.24, 2.45) is 0 Å². The minimum absolute atomic E-state index is 0.256. The molecule has 0 spiro atoms. The van der Waals surface area contributed by atoms with E-state index in [-0.39, 0.29) is 12.0 Å². The number of benzene rings is 7. The van der Waals surface area contributed by atoms with E-state index in [2.05, 4.69) is 191 Å². The summed E-state index contributed by atoms with van der Waals surface area (Å²) in [5.74, 6) is 0.286. The van der Waals surface area contributed by atoms with Gasteiger partial charge in [0.25, 0.3) is 0 Å². The molecule has 11 rings (SSSR count). The van der Waals surface area contributed by atoms with Gasteiger partial charge in [-0.2, -0.15) is 0 Å². The van der Waals surface area contributed by atoms with E-state index in [4.69, 9.17) is 4.42 Å². The van der Waals surface area contributed by atoms with Gasteiger partial charge in [0, 0.05) is 55.7 Å². The van der Waals surface area contributed by atoms with E-state index in [1.54, 1.807) is 0 Å². The van der Waals surface area contributed by atoms with Crippen LogP contribution in [0.4, 0.5) is 11.4 Å². The number of hydrogen-bond acceptors (Lipinski definition) is 2. The fourth-order valence-electron chi connectivity index (χ4n) is 8.67. The Labute approximate surface area is 295 Å². The Bertz CT molecular complexity index is 2870. The highest BCUT2D eigenvalue weighted by Gasteiger charge is 2.37. The molecule has 2 unspecified atom stereocenters. The maximum absolute atomic E-state index is 6.97. The van der Waals surface area contributed by atoms with Gasteiger partial charge in [0.15, 0.2) is 0 Å². The molecule has 7 aromatic carbocycles. The SMILES string of the molecule is C1=CC2c3cc(-c4cccc5c4oc4c(-c6ccc7c(c6)c6ccccc6n7-c6ccccc6)cccc45)ccc3N(c3ccccc3)C2C=C1. The van der Waals surface area contributed by atoms with Crippen LogP contribution in [-0.2, 0) is 0 Å². The van der Waals surface area contributed by atoms with Crippen molar-refractivity contribution in [2.45, 2.75) is 12.0 Å². The monoisotopic (exact) mass is 652 g/mol. The average Bonchev–Trinajstić information content (AvgIpc) is 3.86. The Morgan fingerprint density at radius 3 is 1.82 bits per heavy atom. The summed E-state index contributed by atoms with van der Waals surface area (Å²) in [4.78, 5) is 2.48. The van der Waals surface area contributed by atoms with Gasteiger partial charge < -0.3 is 13.9 Å². The third kappa shape index (κ3) is 4.18. The summed E-state index contributed by atoms with van der Waals surface area (Å²) in [6.45, 7) is 0. The van der Waals surface area contributed by atoms with Gasteiger partial charge in [-0.15, -0.1) is 0 Å². The lowest BCUT2D eigenvalue weighted by atomic mass is 9.89. The van der Waals surface area contributed by atoms with Crippen LogP contribution in [-0.4, -0.2) is 10.6 Å². The lowest BCUT2D eigenvalue weighted by Crippen LogP contribution is -2.28. The molecule has 0 saturated heterocycles.